The van der Waals surface area contributed by atoms with Gasteiger partial charge in [0.25, 0.3) is 0 Å². The maximum atomic E-state index is 12.4. The number of ether oxygens (including phenoxy) is 1. The van der Waals surface area contributed by atoms with Crippen LogP contribution in [0.2, 0.25) is 0 Å². The first-order valence-corrected chi connectivity index (χ1v) is 8.16. The van der Waals surface area contributed by atoms with Crippen molar-refractivity contribution in [3.05, 3.63) is 41.1 Å². The summed E-state index contributed by atoms with van der Waals surface area (Å²) in [5.74, 6) is 0.939. The van der Waals surface area contributed by atoms with Crippen LogP contribution in [-0.4, -0.2) is 34.7 Å². The number of benzene rings is 1. The predicted octanol–water partition coefficient (Wildman–Crippen LogP) is 2.52. The Kier molecular flexibility index (Phi) is 3.65. The van der Waals surface area contributed by atoms with Crippen LogP contribution in [0.4, 0.5) is 0 Å². The lowest BCUT2D eigenvalue weighted by Gasteiger charge is -2.26. The largest absolute Gasteiger partial charge is 0.380 e. The van der Waals surface area contributed by atoms with Crippen molar-refractivity contribution in [1.82, 2.24) is 15.1 Å². The zero-order chi connectivity index (χ0) is 15.8. The Labute approximate surface area is 135 Å². The van der Waals surface area contributed by atoms with Crippen molar-refractivity contribution in [2.75, 3.05) is 13.7 Å². The van der Waals surface area contributed by atoms with E-state index in [9.17, 15) is 4.79 Å². The predicted molar refractivity (Wildman–Crippen MR) is 86.6 cm³/mol. The average Bonchev–Trinajstić information content (AvgIpc) is 3.27. The molecule has 2 aliphatic rings. The molecule has 0 bridgehead atoms. The van der Waals surface area contributed by atoms with Crippen LogP contribution in [0, 0.1) is 5.92 Å². The van der Waals surface area contributed by atoms with Gasteiger partial charge in [-0.25, -0.2) is 0 Å². The molecule has 0 radical (unpaired) electrons. The number of hydrogen-bond acceptors (Lipinski definition) is 3. The molecule has 2 heterocycles. The summed E-state index contributed by atoms with van der Waals surface area (Å²) >= 11 is 0. The quantitative estimate of drug-likeness (QED) is 0.923. The molecule has 0 unspecified atom stereocenters. The zero-order valence-corrected chi connectivity index (χ0v) is 13.3. The summed E-state index contributed by atoms with van der Waals surface area (Å²) in [6, 6.07) is 8.17. The van der Waals surface area contributed by atoms with Crippen molar-refractivity contribution < 1.29 is 9.53 Å². The van der Waals surface area contributed by atoms with E-state index < -0.39 is 0 Å². The van der Waals surface area contributed by atoms with Crippen LogP contribution in [0.25, 0.3) is 11.3 Å². The highest BCUT2D eigenvalue weighted by Gasteiger charge is 2.32. The van der Waals surface area contributed by atoms with E-state index in [1.54, 1.807) is 7.11 Å². The molecule has 0 saturated heterocycles. The minimum absolute atomic E-state index is 0.222. The number of amides is 1. The van der Waals surface area contributed by atoms with Crippen LogP contribution >= 0.6 is 0 Å². The number of aromatic amines is 1. The van der Waals surface area contributed by atoms with Gasteiger partial charge >= 0.3 is 0 Å². The molecule has 1 aliphatic carbocycles. The van der Waals surface area contributed by atoms with E-state index in [1.165, 1.54) is 12.8 Å². The van der Waals surface area contributed by atoms with Gasteiger partial charge in [-0.15, -0.1) is 0 Å². The molecule has 1 aromatic carbocycles. The van der Waals surface area contributed by atoms with Crippen LogP contribution < -0.4 is 0 Å². The molecule has 5 nitrogen and oxygen atoms in total. The minimum atomic E-state index is 0.222. The molecule has 1 aliphatic heterocycles. The molecule has 0 atom stereocenters. The number of H-pyrrole nitrogens is 1. The van der Waals surface area contributed by atoms with Crippen LogP contribution in [-0.2, 0) is 29.1 Å². The van der Waals surface area contributed by atoms with Gasteiger partial charge in [0.15, 0.2) is 0 Å². The maximum absolute atomic E-state index is 12.4. The van der Waals surface area contributed by atoms with Gasteiger partial charge in [-0.05, 0) is 30.4 Å². The second kappa shape index (κ2) is 5.81. The minimum Gasteiger partial charge on any atom is -0.380 e. The molecule has 1 saturated carbocycles. The SMILES string of the molecule is COCc1cccc(-c2n[nH]c3c2CC(=O)N(CC2CC2)C3)c1. The lowest BCUT2D eigenvalue weighted by molar-refractivity contribution is -0.132. The molecule has 2 aromatic rings. The topological polar surface area (TPSA) is 58.2 Å². The molecule has 120 valence electrons. The maximum Gasteiger partial charge on any atom is 0.227 e. The number of nitrogens with zero attached hydrogens (tertiary/aromatic N) is 2. The van der Waals surface area contributed by atoms with Crippen LogP contribution in [0.15, 0.2) is 24.3 Å². The van der Waals surface area contributed by atoms with Gasteiger partial charge in [0.05, 0.1) is 31.0 Å². The third-order valence-electron chi connectivity index (χ3n) is 4.67. The smallest absolute Gasteiger partial charge is 0.227 e. The van der Waals surface area contributed by atoms with Crippen LogP contribution in [0.5, 0.6) is 0 Å². The lowest BCUT2D eigenvalue weighted by Crippen LogP contribution is -2.37. The third kappa shape index (κ3) is 2.88. The second-order valence-electron chi connectivity index (χ2n) is 6.56. The Balaban J connectivity index is 1.61. The average molecular weight is 311 g/mol. The standard InChI is InChI=1S/C18H21N3O2/c1-23-11-13-3-2-4-14(7-13)18-15-8-17(22)21(9-12-5-6-12)10-16(15)19-20-18/h2-4,7,12H,5-6,8-11H2,1H3,(H,19,20). The van der Waals surface area contributed by atoms with Crippen molar-refractivity contribution in [3.63, 3.8) is 0 Å². The Bertz CT molecular complexity index is 734. The Hall–Kier alpha value is -2.14. The molecule has 23 heavy (non-hydrogen) atoms. The normalized spacial score (nSPS) is 17.4. The Morgan fingerprint density at radius 3 is 3.04 bits per heavy atom. The van der Waals surface area contributed by atoms with Crippen molar-refractivity contribution in [3.8, 4) is 11.3 Å². The van der Waals surface area contributed by atoms with Crippen molar-refractivity contribution in [2.45, 2.75) is 32.4 Å². The lowest BCUT2D eigenvalue weighted by atomic mass is 9.98. The highest BCUT2D eigenvalue weighted by atomic mass is 16.5. The molecule has 1 fully saturated rings. The van der Waals surface area contributed by atoms with Gasteiger partial charge in [-0.1, -0.05) is 18.2 Å². The number of methoxy groups -OCH3 is 1. The first kappa shape index (κ1) is 14.5. The summed E-state index contributed by atoms with van der Waals surface area (Å²) < 4.78 is 5.20. The third-order valence-corrected chi connectivity index (χ3v) is 4.67. The first-order valence-electron chi connectivity index (χ1n) is 8.16. The summed E-state index contributed by atoms with van der Waals surface area (Å²) in [5, 5.41) is 7.63. The number of rotatable bonds is 5. The fourth-order valence-corrected chi connectivity index (χ4v) is 3.26. The van der Waals surface area contributed by atoms with Crippen molar-refractivity contribution in [1.29, 1.82) is 0 Å². The van der Waals surface area contributed by atoms with Gasteiger partial charge in [-0.2, -0.15) is 5.10 Å². The molecule has 1 N–H and O–H groups in total. The van der Waals surface area contributed by atoms with Crippen LogP contribution in [0.3, 0.4) is 0 Å². The number of nitrogens with one attached hydrogen (secondary N) is 1. The molecule has 4 rings (SSSR count). The Morgan fingerprint density at radius 1 is 1.39 bits per heavy atom. The summed E-state index contributed by atoms with van der Waals surface area (Å²) in [5.41, 5.74) is 5.19. The van der Waals surface area contributed by atoms with E-state index in [1.807, 2.05) is 23.1 Å². The summed E-state index contributed by atoms with van der Waals surface area (Å²) in [6.45, 7) is 2.14. The zero-order valence-electron chi connectivity index (χ0n) is 13.3. The second-order valence-corrected chi connectivity index (χ2v) is 6.56. The van der Waals surface area contributed by atoms with Gasteiger partial charge < -0.3 is 9.64 Å². The van der Waals surface area contributed by atoms with E-state index in [0.29, 0.717) is 25.5 Å². The first-order chi connectivity index (χ1) is 11.2. The van der Waals surface area contributed by atoms with Crippen molar-refractivity contribution >= 4 is 5.91 Å². The van der Waals surface area contributed by atoms with Gasteiger partial charge in [-0.3, -0.25) is 9.89 Å². The number of carbonyl (C=O) groups excluding carboxylic acids is 1. The monoisotopic (exact) mass is 311 g/mol. The summed E-state index contributed by atoms with van der Waals surface area (Å²) in [7, 11) is 1.69. The van der Waals surface area contributed by atoms with E-state index in [2.05, 4.69) is 16.3 Å². The van der Waals surface area contributed by atoms with Crippen molar-refractivity contribution in [2.24, 2.45) is 5.92 Å². The Morgan fingerprint density at radius 2 is 2.26 bits per heavy atom. The van der Waals surface area contributed by atoms with Crippen LogP contribution in [0.1, 0.15) is 29.7 Å². The summed E-state index contributed by atoms with van der Waals surface area (Å²) in [6.07, 6.45) is 2.97. The molecule has 5 heteroatoms. The van der Waals surface area contributed by atoms with E-state index in [4.69, 9.17) is 4.74 Å². The van der Waals surface area contributed by atoms with E-state index in [-0.39, 0.29) is 5.91 Å². The molecule has 0 spiro atoms. The molecular weight excluding hydrogens is 290 g/mol. The van der Waals surface area contributed by atoms with Gasteiger partial charge in [0, 0.05) is 24.8 Å². The number of fused-ring (bicyclic) bond motifs is 1. The highest BCUT2D eigenvalue weighted by molar-refractivity contribution is 5.83. The molecule has 1 amide bonds. The van der Waals surface area contributed by atoms with E-state index in [0.717, 1.165) is 34.6 Å². The van der Waals surface area contributed by atoms with Gasteiger partial charge in [0.1, 0.15) is 0 Å². The number of hydrogen-bond donors (Lipinski definition) is 1. The summed E-state index contributed by atoms with van der Waals surface area (Å²) in [4.78, 5) is 14.4. The highest BCUT2D eigenvalue weighted by Crippen LogP contribution is 2.33. The fraction of sp³-hybridized carbons (Fsp3) is 0.444. The number of aromatic nitrogens is 2. The molecular formula is C18H21N3O2. The number of carbonyl (C=O) groups is 1. The van der Waals surface area contributed by atoms with Gasteiger partial charge in [0.2, 0.25) is 5.91 Å². The fourth-order valence-electron chi connectivity index (χ4n) is 3.26. The molecule has 1 aromatic heterocycles. The van der Waals surface area contributed by atoms with E-state index >= 15 is 0 Å².